The molecular formula is C15H18BNO4. The van der Waals surface area contributed by atoms with E-state index in [-0.39, 0.29) is 6.61 Å². The summed E-state index contributed by atoms with van der Waals surface area (Å²) in [6, 6.07) is 10.3. The van der Waals surface area contributed by atoms with Gasteiger partial charge < -0.3 is 19.9 Å². The Morgan fingerprint density at radius 1 is 1.14 bits per heavy atom. The Labute approximate surface area is 124 Å². The highest BCUT2D eigenvalue weighted by molar-refractivity contribution is 6.58. The van der Waals surface area contributed by atoms with Gasteiger partial charge in [0.25, 0.3) is 0 Å². The third kappa shape index (κ3) is 5.19. The summed E-state index contributed by atoms with van der Waals surface area (Å²) in [5.74, 6) is 0.583. The number of aliphatic hydroxyl groups is 1. The number of rotatable bonds is 7. The van der Waals surface area contributed by atoms with E-state index in [0.717, 1.165) is 12.0 Å². The zero-order valence-electron chi connectivity index (χ0n) is 11.6. The third-order valence-electron chi connectivity index (χ3n) is 3.11. The maximum atomic E-state index is 9.89. The highest BCUT2D eigenvalue weighted by Crippen LogP contribution is 2.10. The molecule has 2 rings (SSSR count). The van der Waals surface area contributed by atoms with Crippen LogP contribution in [0.2, 0.25) is 0 Å². The van der Waals surface area contributed by atoms with Gasteiger partial charge in [0, 0.05) is 12.4 Å². The fraction of sp³-hybridized carbons (Fsp3) is 0.267. The van der Waals surface area contributed by atoms with Gasteiger partial charge in [0.15, 0.2) is 0 Å². The first-order valence-electron chi connectivity index (χ1n) is 6.81. The molecule has 2 aromatic rings. The molecule has 0 radical (unpaired) electrons. The second-order valence-corrected chi connectivity index (χ2v) is 4.81. The Hall–Kier alpha value is -1.89. The van der Waals surface area contributed by atoms with E-state index >= 15 is 0 Å². The molecule has 21 heavy (non-hydrogen) atoms. The molecule has 3 N–H and O–H groups in total. The standard InChI is InChI=1S/C15H18BNO4/c18-14(6-3-12-2-1-9-17-10-12)11-21-15-7-4-13(5-8-15)16(19)20/h1-2,4-5,7-10,14,18-20H,3,6,11H2. The topological polar surface area (TPSA) is 82.8 Å². The average Bonchev–Trinajstić information content (AvgIpc) is 2.52. The van der Waals surface area contributed by atoms with Gasteiger partial charge in [-0.2, -0.15) is 0 Å². The van der Waals surface area contributed by atoms with Crippen molar-refractivity contribution in [1.82, 2.24) is 4.98 Å². The lowest BCUT2D eigenvalue weighted by Crippen LogP contribution is -2.29. The zero-order valence-corrected chi connectivity index (χ0v) is 11.6. The summed E-state index contributed by atoms with van der Waals surface area (Å²) in [5.41, 5.74) is 1.48. The normalized spacial score (nSPS) is 12.0. The molecule has 110 valence electrons. The van der Waals surface area contributed by atoms with Gasteiger partial charge in [-0.1, -0.05) is 18.2 Å². The van der Waals surface area contributed by atoms with Crippen LogP contribution < -0.4 is 10.2 Å². The van der Waals surface area contributed by atoms with Gasteiger partial charge in [-0.15, -0.1) is 0 Å². The second kappa shape index (κ2) is 7.78. The third-order valence-corrected chi connectivity index (χ3v) is 3.11. The quantitative estimate of drug-likeness (QED) is 0.631. The molecule has 0 aliphatic rings. The van der Waals surface area contributed by atoms with Gasteiger partial charge in [0.05, 0.1) is 6.10 Å². The number of aryl methyl sites for hydroxylation is 1. The van der Waals surface area contributed by atoms with Crippen molar-refractivity contribution in [3.8, 4) is 5.75 Å². The molecule has 5 nitrogen and oxygen atoms in total. The van der Waals surface area contributed by atoms with Crippen LogP contribution in [0.1, 0.15) is 12.0 Å². The number of aliphatic hydroxyl groups excluding tert-OH is 1. The van der Waals surface area contributed by atoms with E-state index in [4.69, 9.17) is 14.8 Å². The summed E-state index contributed by atoms with van der Waals surface area (Å²) >= 11 is 0. The summed E-state index contributed by atoms with van der Waals surface area (Å²) in [5, 5.41) is 27.9. The van der Waals surface area contributed by atoms with Crippen LogP contribution in [0.15, 0.2) is 48.8 Å². The van der Waals surface area contributed by atoms with Crippen molar-refractivity contribution in [2.75, 3.05) is 6.61 Å². The van der Waals surface area contributed by atoms with Crippen molar-refractivity contribution in [3.63, 3.8) is 0 Å². The van der Waals surface area contributed by atoms with Crippen molar-refractivity contribution >= 4 is 12.6 Å². The second-order valence-electron chi connectivity index (χ2n) is 4.81. The summed E-state index contributed by atoms with van der Waals surface area (Å²) in [4.78, 5) is 4.02. The highest BCUT2D eigenvalue weighted by atomic mass is 16.5. The summed E-state index contributed by atoms with van der Waals surface area (Å²) in [6.45, 7) is 0.196. The number of ether oxygens (including phenoxy) is 1. The Morgan fingerprint density at radius 2 is 1.90 bits per heavy atom. The van der Waals surface area contributed by atoms with Gasteiger partial charge in [0.2, 0.25) is 0 Å². The summed E-state index contributed by atoms with van der Waals surface area (Å²) in [7, 11) is -1.48. The first-order chi connectivity index (χ1) is 10.1. The van der Waals surface area contributed by atoms with E-state index in [9.17, 15) is 5.11 Å². The number of nitrogens with zero attached hydrogens (tertiary/aromatic N) is 1. The largest absolute Gasteiger partial charge is 0.491 e. The molecule has 1 aromatic carbocycles. The predicted octanol–water partition coefficient (Wildman–Crippen LogP) is 0.134. The number of hydrogen-bond acceptors (Lipinski definition) is 5. The van der Waals surface area contributed by atoms with Gasteiger partial charge >= 0.3 is 7.12 Å². The van der Waals surface area contributed by atoms with Gasteiger partial charge in [0.1, 0.15) is 12.4 Å². The minimum atomic E-state index is -1.48. The first-order valence-corrected chi connectivity index (χ1v) is 6.81. The van der Waals surface area contributed by atoms with E-state index in [1.807, 2.05) is 12.1 Å². The fourth-order valence-electron chi connectivity index (χ4n) is 1.89. The average molecular weight is 287 g/mol. The molecule has 0 aliphatic carbocycles. The Kier molecular flexibility index (Phi) is 5.74. The smallest absolute Gasteiger partial charge is 0.488 e. The SMILES string of the molecule is OB(O)c1ccc(OCC(O)CCc2cccnc2)cc1. The minimum Gasteiger partial charge on any atom is -0.491 e. The number of pyridine rings is 1. The monoisotopic (exact) mass is 287 g/mol. The Balaban J connectivity index is 1.74. The highest BCUT2D eigenvalue weighted by Gasteiger charge is 2.10. The molecule has 0 amide bonds. The molecule has 1 unspecified atom stereocenters. The van der Waals surface area contributed by atoms with Crippen LogP contribution in [0.4, 0.5) is 0 Å². The van der Waals surface area contributed by atoms with E-state index in [2.05, 4.69) is 4.98 Å². The maximum absolute atomic E-state index is 9.89. The summed E-state index contributed by atoms with van der Waals surface area (Å²) in [6.07, 6.45) is 4.28. The number of benzene rings is 1. The lowest BCUT2D eigenvalue weighted by Gasteiger charge is -2.12. The molecule has 1 atom stereocenters. The van der Waals surface area contributed by atoms with Crippen LogP contribution in [0.5, 0.6) is 5.75 Å². The molecule has 0 spiro atoms. The Morgan fingerprint density at radius 3 is 2.52 bits per heavy atom. The number of aromatic nitrogens is 1. The zero-order chi connectivity index (χ0) is 15.1. The van der Waals surface area contributed by atoms with Crippen molar-refractivity contribution < 1.29 is 19.9 Å². The first kappa shape index (κ1) is 15.5. The molecule has 0 aliphatic heterocycles. The van der Waals surface area contributed by atoms with Gasteiger partial charge in [-0.3, -0.25) is 4.98 Å². The predicted molar refractivity (Wildman–Crippen MR) is 80.3 cm³/mol. The maximum Gasteiger partial charge on any atom is 0.488 e. The van der Waals surface area contributed by atoms with Crippen LogP contribution in [0.25, 0.3) is 0 Å². The van der Waals surface area contributed by atoms with E-state index < -0.39 is 13.2 Å². The lowest BCUT2D eigenvalue weighted by molar-refractivity contribution is 0.100. The molecular weight excluding hydrogens is 269 g/mol. The van der Waals surface area contributed by atoms with Crippen molar-refractivity contribution in [3.05, 3.63) is 54.4 Å². The Bertz CT molecular complexity index is 533. The van der Waals surface area contributed by atoms with E-state index in [1.54, 1.807) is 36.7 Å². The minimum absolute atomic E-state index is 0.196. The molecule has 0 fully saturated rings. The van der Waals surface area contributed by atoms with Crippen LogP contribution in [-0.4, -0.2) is 40.0 Å². The van der Waals surface area contributed by atoms with Crippen LogP contribution in [0, 0.1) is 0 Å². The molecule has 1 aromatic heterocycles. The van der Waals surface area contributed by atoms with Crippen LogP contribution >= 0.6 is 0 Å². The van der Waals surface area contributed by atoms with Crippen molar-refractivity contribution in [2.45, 2.75) is 18.9 Å². The van der Waals surface area contributed by atoms with Gasteiger partial charge in [-0.25, -0.2) is 0 Å². The van der Waals surface area contributed by atoms with E-state index in [1.165, 1.54) is 0 Å². The number of hydrogen-bond donors (Lipinski definition) is 3. The van der Waals surface area contributed by atoms with Crippen molar-refractivity contribution in [1.29, 1.82) is 0 Å². The lowest BCUT2D eigenvalue weighted by atomic mass is 9.80. The summed E-state index contributed by atoms with van der Waals surface area (Å²) < 4.78 is 5.46. The molecule has 6 heteroatoms. The fourth-order valence-corrected chi connectivity index (χ4v) is 1.89. The molecule has 0 saturated heterocycles. The molecule has 1 heterocycles. The van der Waals surface area contributed by atoms with E-state index in [0.29, 0.717) is 17.6 Å². The van der Waals surface area contributed by atoms with Crippen molar-refractivity contribution in [2.24, 2.45) is 0 Å². The van der Waals surface area contributed by atoms with Crippen LogP contribution in [-0.2, 0) is 6.42 Å². The molecule has 0 saturated carbocycles. The van der Waals surface area contributed by atoms with Gasteiger partial charge in [-0.05, 0) is 42.1 Å². The molecule has 0 bridgehead atoms. The van der Waals surface area contributed by atoms with Crippen LogP contribution in [0.3, 0.4) is 0 Å².